The van der Waals surface area contributed by atoms with Crippen LogP contribution < -0.4 is 5.32 Å². The highest BCUT2D eigenvalue weighted by atomic mass is 32.1. The molecule has 0 aliphatic rings. The van der Waals surface area contributed by atoms with Crippen LogP contribution in [0.5, 0.6) is 0 Å². The Morgan fingerprint density at radius 1 is 1.42 bits per heavy atom. The Hall–Kier alpha value is -2.51. The van der Waals surface area contributed by atoms with Gasteiger partial charge in [-0.2, -0.15) is 0 Å². The largest absolute Gasteiger partial charge is 0.472 e. The van der Waals surface area contributed by atoms with Crippen molar-refractivity contribution in [3.8, 4) is 10.6 Å². The van der Waals surface area contributed by atoms with Gasteiger partial charge in [0.25, 0.3) is 0 Å². The standard InChI is InChI=1S/C17H15FN2O3S/c18-13-3-1-2-11(6-13)15(21)8-19-16(22)7-14-10-24-17(20-14)12-4-5-23-9-12/h1-6,9-10,15,21H,7-8H2,(H,19,22)/t15-/m1/s1. The summed E-state index contributed by atoms with van der Waals surface area (Å²) in [4.78, 5) is 16.3. The maximum atomic E-state index is 13.1. The Labute approximate surface area is 141 Å². The zero-order valence-electron chi connectivity index (χ0n) is 12.6. The van der Waals surface area contributed by atoms with Crippen molar-refractivity contribution < 1.29 is 18.7 Å². The molecule has 0 spiro atoms. The van der Waals surface area contributed by atoms with Crippen LogP contribution in [0.25, 0.3) is 10.6 Å². The topological polar surface area (TPSA) is 75.4 Å². The van der Waals surface area contributed by atoms with Crippen molar-refractivity contribution in [2.75, 3.05) is 6.54 Å². The van der Waals surface area contributed by atoms with Crippen LogP contribution in [0, 0.1) is 5.82 Å². The highest BCUT2D eigenvalue weighted by Crippen LogP contribution is 2.24. The number of aliphatic hydroxyl groups excluding tert-OH is 1. The van der Waals surface area contributed by atoms with Gasteiger partial charge in [-0.25, -0.2) is 9.37 Å². The van der Waals surface area contributed by atoms with Gasteiger partial charge in [-0.05, 0) is 23.8 Å². The lowest BCUT2D eigenvalue weighted by molar-refractivity contribution is -0.120. The molecular formula is C17H15FN2O3S. The fraction of sp³-hybridized carbons (Fsp3) is 0.176. The van der Waals surface area contributed by atoms with Gasteiger partial charge in [0, 0.05) is 17.5 Å². The van der Waals surface area contributed by atoms with Gasteiger partial charge in [-0.1, -0.05) is 12.1 Å². The van der Waals surface area contributed by atoms with E-state index >= 15 is 0 Å². The van der Waals surface area contributed by atoms with E-state index in [4.69, 9.17) is 4.42 Å². The molecule has 7 heteroatoms. The van der Waals surface area contributed by atoms with E-state index in [1.165, 1.54) is 29.5 Å². The summed E-state index contributed by atoms with van der Waals surface area (Å²) in [7, 11) is 0. The van der Waals surface area contributed by atoms with Crippen LogP contribution in [0.3, 0.4) is 0 Å². The van der Waals surface area contributed by atoms with Gasteiger partial charge in [-0.15, -0.1) is 11.3 Å². The van der Waals surface area contributed by atoms with E-state index in [1.54, 1.807) is 24.7 Å². The van der Waals surface area contributed by atoms with Crippen molar-refractivity contribution in [3.05, 3.63) is 65.3 Å². The lowest BCUT2D eigenvalue weighted by atomic mass is 10.1. The van der Waals surface area contributed by atoms with E-state index in [9.17, 15) is 14.3 Å². The smallest absolute Gasteiger partial charge is 0.226 e. The second kappa shape index (κ2) is 7.37. The van der Waals surface area contributed by atoms with Crippen LogP contribution in [0.2, 0.25) is 0 Å². The van der Waals surface area contributed by atoms with Crippen molar-refractivity contribution in [1.29, 1.82) is 0 Å². The SMILES string of the molecule is O=C(Cc1csc(-c2ccoc2)n1)NC[C@@H](O)c1cccc(F)c1. The molecule has 0 saturated carbocycles. The van der Waals surface area contributed by atoms with Gasteiger partial charge in [0.1, 0.15) is 17.1 Å². The molecule has 0 aliphatic carbocycles. The van der Waals surface area contributed by atoms with Crippen molar-refractivity contribution in [2.24, 2.45) is 0 Å². The van der Waals surface area contributed by atoms with Crippen molar-refractivity contribution >= 4 is 17.2 Å². The molecule has 1 aromatic carbocycles. The van der Waals surface area contributed by atoms with Crippen molar-refractivity contribution in [3.63, 3.8) is 0 Å². The van der Waals surface area contributed by atoms with Crippen LogP contribution in [-0.2, 0) is 11.2 Å². The molecule has 1 atom stereocenters. The second-order valence-corrected chi connectivity index (χ2v) is 6.07. The number of carbonyl (C=O) groups excluding carboxylic acids is 1. The molecule has 0 radical (unpaired) electrons. The quantitative estimate of drug-likeness (QED) is 0.720. The first-order valence-electron chi connectivity index (χ1n) is 7.29. The fourth-order valence-corrected chi connectivity index (χ4v) is 2.98. The number of benzene rings is 1. The minimum absolute atomic E-state index is 0.0149. The van der Waals surface area contributed by atoms with E-state index in [0.29, 0.717) is 11.3 Å². The van der Waals surface area contributed by atoms with Crippen LogP contribution in [-0.4, -0.2) is 22.5 Å². The van der Waals surface area contributed by atoms with Gasteiger partial charge in [0.15, 0.2) is 0 Å². The molecule has 2 aromatic heterocycles. The highest BCUT2D eigenvalue weighted by molar-refractivity contribution is 7.13. The first-order valence-corrected chi connectivity index (χ1v) is 8.17. The molecule has 0 aliphatic heterocycles. The molecule has 3 rings (SSSR count). The fourth-order valence-electron chi connectivity index (χ4n) is 2.18. The van der Waals surface area contributed by atoms with Gasteiger partial charge < -0.3 is 14.8 Å². The highest BCUT2D eigenvalue weighted by Gasteiger charge is 2.13. The Kier molecular flexibility index (Phi) is 5.02. The normalized spacial score (nSPS) is 12.1. The van der Waals surface area contributed by atoms with E-state index < -0.39 is 11.9 Å². The molecule has 0 fully saturated rings. The number of hydrogen-bond donors (Lipinski definition) is 2. The third-order valence-corrected chi connectivity index (χ3v) is 4.33. The molecule has 3 aromatic rings. The Morgan fingerprint density at radius 2 is 2.29 bits per heavy atom. The number of aliphatic hydroxyl groups is 1. The summed E-state index contributed by atoms with van der Waals surface area (Å²) in [5.74, 6) is -0.679. The predicted molar refractivity (Wildman–Crippen MR) is 87.9 cm³/mol. The molecule has 2 heterocycles. The number of nitrogens with zero attached hydrogens (tertiary/aromatic N) is 1. The zero-order valence-corrected chi connectivity index (χ0v) is 13.4. The average Bonchev–Trinajstić information content (AvgIpc) is 3.23. The van der Waals surface area contributed by atoms with E-state index in [-0.39, 0.29) is 18.9 Å². The molecule has 0 bridgehead atoms. The summed E-state index contributed by atoms with van der Waals surface area (Å²) < 4.78 is 18.1. The van der Waals surface area contributed by atoms with Crippen molar-refractivity contribution in [2.45, 2.75) is 12.5 Å². The number of carbonyl (C=O) groups is 1. The Morgan fingerprint density at radius 3 is 3.04 bits per heavy atom. The lowest BCUT2D eigenvalue weighted by Gasteiger charge is -2.12. The van der Waals surface area contributed by atoms with E-state index in [2.05, 4.69) is 10.3 Å². The molecule has 2 N–H and O–H groups in total. The minimum Gasteiger partial charge on any atom is -0.472 e. The zero-order chi connectivity index (χ0) is 16.9. The number of amides is 1. The number of halogens is 1. The van der Waals surface area contributed by atoms with E-state index in [1.807, 2.05) is 5.38 Å². The number of rotatable bonds is 6. The summed E-state index contributed by atoms with van der Waals surface area (Å²) in [6, 6.07) is 7.47. The third kappa shape index (κ3) is 4.06. The van der Waals surface area contributed by atoms with Crippen LogP contribution in [0.4, 0.5) is 4.39 Å². The first-order chi connectivity index (χ1) is 11.6. The van der Waals surface area contributed by atoms with Crippen molar-refractivity contribution in [1.82, 2.24) is 10.3 Å². The monoisotopic (exact) mass is 346 g/mol. The lowest BCUT2D eigenvalue weighted by Crippen LogP contribution is -2.29. The first kappa shape index (κ1) is 16.4. The molecule has 5 nitrogen and oxygen atoms in total. The number of furan rings is 1. The summed E-state index contributed by atoms with van der Waals surface area (Å²) in [5, 5.41) is 15.2. The minimum atomic E-state index is -0.957. The second-order valence-electron chi connectivity index (χ2n) is 5.21. The van der Waals surface area contributed by atoms with Crippen LogP contribution in [0.15, 0.2) is 52.7 Å². The van der Waals surface area contributed by atoms with Gasteiger partial charge in [0.05, 0.1) is 24.5 Å². The summed E-state index contributed by atoms with van der Waals surface area (Å²) in [5.41, 5.74) is 1.94. The number of aromatic nitrogens is 1. The summed E-state index contributed by atoms with van der Waals surface area (Å²) >= 11 is 1.43. The Bertz CT molecular complexity index is 817. The number of hydrogen-bond acceptors (Lipinski definition) is 5. The van der Waals surface area contributed by atoms with Gasteiger partial charge in [-0.3, -0.25) is 4.79 Å². The molecule has 24 heavy (non-hydrogen) atoms. The van der Waals surface area contributed by atoms with Gasteiger partial charge in [0.2, 0.25) is 5.91 Å². The molecule has 0 unspecified atom stereocenters. The average molecular weight is 346 g/mol. The van der Waals surface area contributed by atoms with Gasteiger partial charge >= 0.3 is 0 Å². The number of thiazole rings is 1. The predicted octanol–water partition coefficient (Wildman–Crippen LogP) is 2.93. The maximum Gasteiger partial charge on any atom is 0.226 e. The molecular weight excluding hydrogens is 331 g/mol. The summed E-state index contributed by atoms with van der Waals surface area (Å²) in [6.07, 6.45) is 2.32. The Balaban J connectivity index is 1.52. The maximum absolute atomic E-state index is 13.1. The van der Waals surface area contributed by atoms with Crippen LogP contribution in [0.1, 0.15) is 17.4 Å². The summed E-state index contributed by atoms with van der Waals surface area (Å²) in [6.45, 7) is 0.0149. The molecule has 124 valence electrons. The third-order valence-electron chi connectivity index (χ3n) is 3.39. The van der Waals surface area contributed by atoms with Crippen LogP contribution >= 0.6 is 11.3 Å². The molecule has 1 amide bonds. The van der Waals surface area contributed by atoms with E-state index in [0.717, 1.165) is 10.6 Å². The molecule has 0 saturated heterocycles. The number of nitrogens with one attached hydrogen (secondary N) is 1.